The SMILES string of the molecule is CCSc1cc2ccccc2nc1C(=O)Cl. The Hall–Kier alpha value is -1.06. The number of rotatable bonds is 3. The summed E-state index contributed by atoms with van der Waals surface area (Å²) in [5, 5.41) is 0.529. The van der Waals surface area contributed by atoms with Crippen LogP contribution in [-0.4, -0.2) is 16.0 Å². The molecule has 0 amide bonds. The molecule has 0 radical (unpaired) electrons. The average Bonchev–Trinajstić information content (AvgIpc) is 2.28. The lowest BCUT2D eigenvalue weighted by Crippen LogP contribution is -1.98. The van der Waals surface area contributed by atoms with Gasteiger partial charge in [0.1, 0.15) is 5.69 Å². The van der Waals surface area contributed by atoms with Gasteiger partial charge in [-0.2, -0.15) is 0 Å². The van der Waals surface area contributed by atoms with Gasteiger partial charge in [0.05, 0.1) is 5.52 Å². The van der Waals surface area contributed by atoms with Crippen molar-refractivity contribution in [3.8, 4) is 0 Å². The van der Waals surface area contributed by atoms with E-state index < -0.39 is 5.24 Å². The first-order chi connectivity index (χ1) is 7.72. The van der Waals surface area contributed by atoms with Gasteiger partial charge in [-0.05, 0) is 29.5 Å². The molecule has 4 heteroatoms. The maximum Gasteiger partial charge on any atom is 0.272 e. The van der Waals surface area contributed by atoms with Crippen molar-refractivity contribution < 1.29 is 4.79 Å². The maximum atomic E-state index is 11.3. The minimum absolute atomic E-state index is 0.354. The largest absolute Gasteiger partial charge is 0.274 e. The molecule has 2 aromatic rings. The van der Waals surface area contributed by atoms with Crippen molar-refractivity contribution in [2.75, 3.05) is 5.75 Å². The average molecular weight is 252 g/mol. The number of para-hydroxylation sites is 1. The molecular formula is C12H10ClNOS. The van der Waals surface area contributed by atoms with Crippen LogP contribution in [0.3, 0.4) is 0 Å². The van der Waals surface area contributed by atoms with Crippen molar-refractivity contribution in [2.45, 2.75) is 11.8 Å². The fraction of sp³-hybridized carbons (Fsp3) is 0.167. The Morgan fingerprint density at radius 3 is 2.88 bits per heavy atom. The van der Waals surface area contributed by atoms with E-state index in [0.717, 1.165) is 21.6 Å². The van der Waals surface area contributed by atoms with Crippen LogP contribution >= 0.6 is 23.4 Å². The van der Waals surface area contributed by atoms with Gasteiger partial charge in [-0.3, -0.25) is 4.79 Å². The van der Waals surface area contributed by atoms with Crippen molar-refractivity contribution in [1.82, 2.24) is 4.98 Å². The number of nitrogens with zero attached hydrogens (tertiary/aromatic N) is 1. The van der Waals surface area contributed by atoms with E-state index in [1.54, 1.807) is 11.8 Å². The third kappa shape index (κ3) is 2.20. The van der Waals surface area contributed by atoms with E-state index in [2.05, 4.69) is 4.98 Å². The Kier molecular flexibility index (Phi) is 3.46. The Bertz CT molecular complexity index is 542. The zero-order chi connectivity index (χ0) is 11.5. The highest BCUT2D eigenvalue weighted by molar-refractivity contribution is 7.99. The minimum Gasteiger partial charge on any atom is -0.274 e. The fourth-order valence-electron chi connectivity index (χ4n) is 1.50. The quantitative estimate of drug-likeness (QED) is 0.615. The van der Waals surface area contributed by atoms with Crippen LogP contribution in [0.4, 0.5) is 0 Å². The highest BCUT2D eigenvalue weighted by Crippen LogP contribution is 2.26. The van der Waals surface area contributed by atoms with E-state index in [9.17, 15) is 4.79 Å². The zero-order valence-electron chi connectivity index (χ0n) is 8.74. The first-order valence-corrected chi connectivity index (χ1v) is 6.31. The van der Waals surface area contributed by atoms with Crippen LogP contribution in [-0.2, 0) is 0 Å². The molecule has 0 saturated heterocycles. The van der Waals surface area contributed by atoms with Crippen LogP contribution in [0.2, 0.25) is 0 Å². The van der Waals surface area contributed by atoms with Crippen LogP contribution < -0.4 is 0 Å². The van der Waals surface area contributed by atoms with Gasteiger partial charge < -0.3 is 0 Å². The molecular weight excluding hydrogens is 242 g/mol. The molecule has 2 nitrogen and oxygen atoms in total. The molecule has 1 aromatic carbocycles. The molecule has 1 aromatic heterocycles. The summed E-state index contributed by atoms with van der Waals surface area (Å²) in [5.74, 6) is 0.886. The molecule has 0 bridgehead atoms. The molecule has 1 heterocycles. The van der Waals surface area contributed by atoms with Crippen LogP contribution in [0.5, 0.6) is 0 Å². The van der Waals surface area contributed by atoms with Crippen molar-refractivity contribution in [3.63, 3.8) is 0 Å². The number of pyridine rings is 1. The van der Waals surface area contributed by atoms with Crippen molar-refractivity contribution >= 4 is 39.5 Å². The molecule has 0 aliphatic rings. The summed E-state index contributed by atoms with van der Waals surface area (Å²) in [5.41, 5.74) is 1.15. The maximum absolute atomic E-state index is 11.3. The van der Waals surface area contributed by atoms with E-state index in [4.69, 9.17) is 11.6 Å². The highest BCUT2D eigenvalue weighted by Gasteiger charge is 2.12. The molecule has 2 rings (SSSR count). The molecule has 0 unspecified atom stereocenters. The number of thioether (sulfide) groups is 1. The summed E-state index contributed by atoms with van der Waals surface area (Å²) in [6, 6.07) is 9.66. The second-order valence-corrected chi connectivity index (χ2v) is 4.88. The van der Waals surface area contributed by atoms with E-state index in [-0.39, 0.29) is 0 Å². The fourth-order valence-corrected chi connectivity index (χ4v) is 2.50. The van der Waals surface area contributed by atoms with Gasteiger partial charge in [0.2, 0.25) is 0 Å². The topological polar surface area (TPSA) is 30.0 Å². The smallest absolute Gasteiger partial charge is 0.272 e. The number of carbonyl (C=O) groups excluding carboxylic acids is 1. The van der Waals surface area contributed by atoms with Gasteiger partial charge in [0.25, 0.3) is 5.24 Å². The van der Waals surface area contributed by atoms with Gasteiger partial charge >= 0.3 is 0 Å². The second-order valence-electron chi connectivity index (χ2n) is 3.23. The third-order valence-corrected chi connectivity index (χ3v) is 3.26. The number of hydrogen-bond donors (Lipinski definition) is 0. The summed E-state index contributed by atoms with van der Waals surface area (Å²) in [6.07, 6.45) is 0. The lowest BCUT2D eigenvalue weighted by molar-refractivity contribution is 0.107. The standard InChI is InChI=1S/C12H10ClNOS/c1-2-16-10-7-8-5-3-4-6-9(8)14-11(10)12(13)15/h3-7H,2H2,1H3. The van der Waals surface area contributed by atoms with Crippen LogP contribution in [0, 0.1) is 0 Å². The monoisotopic (exact) mass is 251 g/mol. The molecule has 0 fully saturated rings. The summed E-state index contributed by atoms with van der Waals surface area (Å²) in [4.78, 5) is 16.4. The molecule has 0 saturated carbocycles. The number of halogens is 1. The lowest BCUT2D eigenvalue weighted by atomic mass is 10.2. The van der Waals surface area contributed by atoms with Crippen molar-refractivity contribution in [1.29, 1.82) is 0 Å². The van der Waals surface area contributed by atoms with Crippen LogP contribution in [0.25, 0.3) is 10.9 Å². The van der Waals surface area contributed by atoms with E-state index >= 15 is 0 Å². The molecule has 0 atom stereocenters. The molecule has 16 heavy (non-hydrogen) atoms. The summed E-state index contributed by atoms with van der Waals surface area (Å²) < 4.78 is 0. The third-order valence-electron chi connectivity index (χ3n) is 2.18. The molecule has 0 aliphatic carbocycles. The number of benzene rings is 1. The zero-order valence-corrected chi connectivity index (χ0v) is 10.3. The highest BCUT2D eigenvalue weighted by atomic mass is 35.5. The predicted molar refractivity (Wildman–Crippen MR) is 68.3 cm³/mol. The number of carbonyl (C=O) groups is 1. The molecule has 0 N–H and O–H groups in total. The second kappa shape index (κ2) is 4.85. The molecule has 0 spiro atoms. The number of fused-ring (bicyclic) bond motifs is 1. The first kappa shape index (κ1) is 11.4. The molecule has 82 valence electrons. The number of hydrogen-bond acceptors (Lipinski definition) is 3. The summed E-state index contributed by atoms with van der Waals surface area (Å²) in [7, 11) is 0. The van der Waals surface area contributed by atoms with E-state index in [0.29, 0.717) is 5.69 Å². The predicted octanol–water partition coefficient (Wildman–Crippen LogP) is 3.73. The summed E-state index contributed by atoms with van der Waals surface area (Å²) in [6.45, 7) is 2.03. The normalized spacial score (nSPS) is 10.6. The Balaban J connectivity index is 2.65. The van der Waals surface area contributed by atoms with Gasteiger partial charge in [0, 0.05) is 10.3 Å². The van der Waals surface area contributed by atoms with Crippen LogP contribution in [0.15, 0.2) is 35.2 Å². The van der Waals surface area contributed by atoms with Crippen molar-refractivity contribution in [3.05, 3.63) is 36.0 Å². The molecule has 0 aliphatic heterocycles. The first-order valence-electron chi connectivity index (χ1n) is 4.94. The Morgan fingerprint density at radius 1 is 1.44 bits per heavy atom. The number of aromatic nitrogens is 1. The lowest BCUT2D eigenvalue weighted by Gasteiger charge is -2.05. The van der Waals surface area contributed by atoms with Gasteiger partial charge in [0.15, 0.2) is 0 Å². The Labute approximate surface area is 103 Å². The van der Waals surface area contributed by atoms with E-state index in [1.807, 2.05) is 37.3 Å². The summed E-state index contributed by atoms with van der Waals surface area (Å²) >= 11 is 7.11. The van der Waals surface area contributed by atoms with Crippen LogP contribution in [0.1, 0.15) is 17.4 Å². The van der Waals surface area contributed by atoms with Gasteiger partial charge in [-0.15, -0.1) is 11.8 Å². The van der Waals surface area contributed by atoms with Gasteiger partial charge in [-0.25, -0.2) is 4.98 Å². The van der Waals surface area contributed by atoms with Gasteiger partial charge in [-0.1, -0.05) is 25.1 Å². The van der Waals surface area contributed by atoms with E-state index in [1.165, 1.54) is 0 Å². The Morgan fingerprint density at radius 2 is 2.19 bits per heavy atom. The minimum atomic E-state index is -0.498. The van der Waals surface area contributed by atoms with Crippen molar-refractivity contribution in [2.24, 2.45) is 0 Å².